The van der Waals surface area contributed by atoms with Gasteiger partial charge in [-0.05, 0) is 47.1 Å². The van der Waals surface area contributed by atoms with Crippen LogP contribution in [0.1, 0.15) is 24.6 Å². The number of hydrogen-bond acceptors (Lipinski definition) is 2. The van der Waals surface area contributed by atoms with Gasteiger partial charge in [0.05, 0.1) is 5.41 Å². The Kier molecular flexibility index (Phi) is 1.88. The van der Waals surface area contributed by atoms with Gasteiger partial charge in [-0.15, -0.1) is 11.3 Å². The van der Waals surface area contributed by atoms with Crippen LogP contribution in [0.5, 0.6) is 0 Å². The van der Waals surface area contributed by atoms with Crippen molar-refractivity contribution in [3.8, 4) is 0 Å². The number of carbonyl (C=O) groups is 1. The predicted molar refractivity (Wildman–Crippen MR) is 53.6 cm³/mol. The monoisotopic (exact) mass is 244 g/mol. The summed E-state index contributed by atoms with van der Waals surface area (Å²) >= 11 is 5.15. The molecule has 0 spiro atoms. The summed E-state index contributed by atoms with van der Waals surface area (Å²) in [6.07, 6.45) is 2.06. The normalized spacial score (nSPS) is 19.2. The summed E-state index contributed by atoms with van der Waals surface area (Å²) in [7, 11) is 0. The van der Waals surface area contributed by atoms with Gasteiger partial charge in [0, 0.05) is 9.35 Å². The second kappa shape index (κ2) is 2.67. The van der Waals surface area contributed by atoms with Crippen molar-refractivity contribution in [2.75, 3.05) is 0 Å². The molecule has 1 heterocycles. The van der Waals surface area contributed by atoms with E-state index in [1.165, 1.54) is 4.88 Å². The lowest BCUT2D eigenvalue weighted by Crippen LogP contribution is -2.15. The van der Waals surface area contributed by atoms with Gasteiger partial charge in [-0.3, -0.25) is 4.79 Å². The van der Waals surface area contributed by atoms with Crippen molar-refractivity contribution in [2.24, 2.45) is 0 Å². The summed E-state index contributed by atoms with van der Waals surface area (Å²) in [5.41, 5.74) is -0.104. The number of Topliss-reactive ketones (excluding diaryl/α,β-unsaturated/α-hetero) is 1. The molecular formula is C9H9BrOS. The lowest BCUT2D eigenvalue weighted by atomic mass is 10.0. The fraction of sp³-hybridized carbons (Fsp3) is 0.444. The molecule has 3 heteroatoms. The van der Waals surface area contributed by atoms with E-state index in [2.05, 4.69) is 15.9 Å². The summed E-state index contributed by atoms with van der Waals surface area (Å²) in [6, 6.07) is 2.02. The van der Waals surface area contributed by atoms with Gasteiger partial charge in [0.25, 0.3) is 0 Å². The van der Waals surface area contributed by atoms with Crippen molar-refractivity contribution in [1.82, 2.24) is 0 Å². The summed E-state index contributed by atoms with van der Waals surface area (Å²) in [6.45, 7) is 1.69. The molecule has 0 unspecified atom stereocenters. The molecule has 12 heavy (non-hydrogen) atoms. The first kappa shape index (κ1) is 8.45. The molecular weight excluding hydrogens is 236 g/mol. The van der Waals surface area contributed by atoms with Crippen LogP contribution >= 0.6 is 27.3 Å². The number of carbonyl (C=O) groups excluding carboxylic acids is 1. The summed E-state index contributed by atoms with van der Waals surface area (Å²) in [5, 5.41) is 2.03. The SMILES string of the molecule is CC(=O)C1(c2sccc2Br)CC1. The second-order valence-electron chi connectivity index (χ2n) is 3.24. The topological polar surface area (TPSA) is 17.1 Å². The molecule has 0 aliphatic heterocycles. The molecule has 1 saturated carbocycles. The third-order valence-corrected chi connectivity index (χ3v) is 4.52. The van der Waals surface area contributed by atoms with Crippen LogP contribution in [-0.2, 0) is 10.2 Å². The van der Waals surface area contributed by atoms with Crippen LogP contribution in [0.15, 0.2) is 15.9 Å². The van der Waals surface area contributed by atoms with E-state index in [1.54, 1.807) is 18.3 Å². The minimum absolute atomic E-state index is 0.104. The molecule has 0 N–H and O–H groups in total. The van der Waals surface area contributed by atoms with Crippen LogP contribution in [0.4, 0.5) is 0 Å². The number of thiophene rings is 1. The van der Waals surface area contributed by atoms with Crippen LogP contribution < -0.4 is 0 Å². The van der Waals surface area contributed by atoms with Gasteiger partial charge < -0.3 is 0 Å². The lowest BCUT2D eigenvalue weighted by molar-refractivity contribution is -0.119. The quantitative estimate of drug-likeness (QED) is 0.782. The molecule has 1 aliphatic rings. The first-order valence-corrected chi connectivity index (χ1v) is 5.58. The van der Waals surface area contributed by atoms with Crippen LogP contribution in [-0.4, -0.2) is 5.78 Å². The van der Waals surface area contributed by atoms with Crippen molar-refractivity contribution < 1.29 is 4.79 Å². The second-order valence-corrected chi connectivity index (χ2v) is 5.01. The maximum absolute atomic E-state index is 11.4. The molecule has 1 aliphatic carbocycles. The van der Waals surface area contributed by atoms with Gasteiger partial charge in [-0.1, -0.05) is 0 Å². The fourth-order valence-corrected chi connectivity index (χ4v) is 3.56. The van der Waals surface area contributed by atoms with E-state index in [-0.39, 0.29) is 5.41 Å². The third kappa shape index (κ3) is 1.07. The van der Waals surface area contributed by atoms with Gasteiger partial charge in [-0.25, -0.2) is 0 Å². The van der Waals surface area contributed by atoms with Crippen LogP contribution in [0.25, 0.3) is 0 Å². The Morgan fingerprint density at radius 2 is 2.33 bits per heavy atom. The highest BCUT2D eigenvalue weighted by Gasteiger charge is 2.50. The Hall–Kier alpha value is -0.150. The van der Waals surface area contributed by atoms with E-state index in [9.17, 15) is 4.79 Å². The van der Waals surface area contributed by atoms with Gasteiger partial charge >= 0.3 is 0 Å². The Balaban J connectivity index is 2.43. The highest BCUT2D eigenvalue weighted by Crippen LogP contribution is 2.53. The molecule has 1 aromatic rings. The van der Waals surface area contributed by atoms with E-state index in [4.69, 9.17) is 0 Å². The smallest absolute Gasteiger partial charge is 0.141 e. The number of ketones is 1. The zero-order valence-electron chi connectivity index (χ0n) is 6.76. The molecule has 1 aromatic heterocycles. The van der Waals surface area contributed by atoms with Crippen LogP contribution in [0, 0.1) is 0 Å². The Labute approximate surface area is 83.9 Å². The van der Waals surface area contributed by atoms with Crippen molar-refractivity contribution >= 4 is 33.0 Å². The summed E-state index contributed by atoms with van der Waals surface area (Å²) in [4.78, 5) is 12.6. The van der Waals surface area contributed by atoms with E-state index < -0.39 is 0 Å². The Morgan fingerprint density at radius 1 is 1.67 bits per heavy atom. The average Bonchev–Trinajstić information content (AvgIpc) is 2.71. The van der Waals surface area contributed by atoms with Gasteiger partial charge in [0.15, 0.2) is 0 Å². The van der Waals surface area contributed by atoms with E-state index in [0.29, 0.717) is 5.78 Å². The summed E-state index contributed by atoms with van der Waals surface area (Å²) < 4.78 is 1.10. The molecule has 2 rings (SSSR count). The Morgan fingerprint density at radius 3 is 2.67 bits per heavy atom. The maximum atomic E-state index is 11.4. The molecule has 0 aromatic carbocycles. The van der Waals surface area contributed by atoms with Crippen molar-refractivity contribution in [1.29, 1.82) is 0 Å². The number of rotatable bonds is 2. The molecule has 0 atom stereocenters. The van der Waals surface area contributed by atoms with Crippen LogP contribution in [0.3, 0.4) is 0 Å². The predicted octanol–water partition coefficient (Wildman–Crippen LogP) is 3.13. The number of hydrogen-bond donors (Lipinski definition) is 0. The standard InChI is InChI=1S/C9H9BrOS/c1-6(11)9(3-4-9)8-7(10)2-5-12-8/h2,5H,3-4H2,1H3. The minimum atomic E-state index is -0.104. The average molecular weight is 245 g/mol. The van der Waals surface area contributed by atoms with Crippen molar-refractivity contribution in [3.63, 3.8) is 0 Å². The Bertz CT molecular complexity index is 325. The first-order chi connectivity index (χ1) is 5.67. The lowest BCUT2D eigenvalue weighted by Gasteiger charge is -2.08. The molecule has 0 radical (unpaired) electrons. The maximum Gasteiger partial charge on any atom is 0.141 e. The minimum Gasteiger partial charge on any atom is -0.299 e. The van der Waals surface area contributed by atoms with E-state index in [1.807, 2.05) is 11.4 Å². The first-order valence-electron chi connectivity index (χ1n) is 3.91. The molecule has 0 saturated heterocycles. The van der Waals surface area contributed by atoms with Gasteiger partial charge in [-0.2, -0.15) is 0 Å². The van der Waals surface area contributed by atoms with Gasteiger partial charge in [0.1, 0.15) is 5.78 Å². The number of halogens is 1. The highest BCUT2D eigenvalue weighted by atomic mass is 79.9. The molecule has 1 fully saturated rings. The molecule has 1 nitrogen and oxygen atoms in total. The van der Waals surface area contributed by atoms with Crippen LogP contribution in [0.2, 0.25) is 0 Å². The molecule has 64 valence electrons. The van der Waals surface area contributed by atoms with Crippen molar-refractivity contribution in [3.05, 3.63) is 20.8 Å². The largest absolute Gasteiger partial charge is 0.299 e. The van der Waals surface area contributed by atoms with E-state index >= 15 is 0 Å². The zero-order chi connectivity index (χ0) is 8.77. The summed E-state index contributed by atoms with van der Waals surface area (Å²) in [5.74, 6) is 0.311. The van der Waals surface area contributed by atoms with Crippen molar-refractivity contribution in [2.45, 2.75) is 25.2 Å². The molecule has 0 amide bonds. The highest BCUT2D eigenvalue weighted by molar-refractivity contribution is 9.10. The van der Waals surface area contributed by atoms with Gasteiger partial charge in [0.2, 0.25) is 0 Å². The van der Waals surface area contributed by atoms with E-state index in [0.717, 1.165) is 17.3 Å². The third-order valence-electron chi connectivity index (χ3n) is 2.48. The molecule has 0 bridgehead atoms. The zero-order valence-corrected chi connectivity index (χ0v) is 9.17. The fourth-order valence-electron chi connectivity index (χ4n) is 1.50.